The minimum Gasteiger partial charge on any atom is -0.478 e. The Labute approximate surface area is 115 Å². The predicted octanol–water partition coefficient (Wildman–Crippen LogP) is 0.767. The van der Waals surface area contributed by atoms with Crippen molar-refractivity contribution in [1.82, 2.24) is 10.0 Å². The molecule has 0 aliphatic heterocycles. The fourth-order valence-corrected chi connectivity index (χ4v) is 1.71. The van der Waals surface area contributed by atoms with Crippen LogP contribution in [0.25, 0.3) is 0 Å². The van der Waals surface area contributed by atoms with Crippen LogP contribution in [0.15, 0.2) is 24.3 Å². The van der Waals surface area contributed by atoms with E-state index in [1.807, 2.05) is 0 Å². The molecular formula is C13H14N2O5. The molecule has 1 N–H and O–H groups in total. The minimum absolute atomic E-state index is 0.0542. The summed E-state index contributed by atoms with van der Waals surface area (Å²) >= 11 is 0. The lowest BCUT2D eigenvalue weighted by molar-refractivity contribution is -0.155. The van der Waals surface area contributed by atoms with Crippen molar-refractivity contribution in [3.8, 4) is 0 Å². The van der Waals surface area contributed by atoms with E-state index in [0.29, 0.717) is 5.01 Å². The van der Waals surface area contributed by atoms with Gasteiger partial charge in [0.1, 0.15) is 0 Å². The Morgan fingerprint density at radius 2 is 1.50 bits per heavy atom. The molecule has 20 heavy (non-hydrogen) atoms. The van der Waals surface area contributed by atoms with Crippen LogP contribution in [0.1, 0.15) is 34.6 Å². The molecular weight excluding hydrogens is 264 g/mol. The van der Waals surface area contributed by atoms with Gasteiger partial charge in [0.05, 0.1) is 5.56 Å². The summed E-state index contributed by atoms with van der Waals surface area (Å²) < 4.78 is 0. The molecule has 0 atom stereocenters. The quantitative estimate of drug-likeness (QED) is 0.806. The lowest BCUT2D eigenvalue weighted by Crippen LogP contribution is -2.49. The number of hydrogen-bond acceptors (Lipinski definition) is 4. The van der Waals surface area contributed by atoms with E-state index in [0.717, 1.165) is 18.9 Å². The van der Waals surface area contributed by atoms with Crippen molar-refractivity contribution in [2.75, 3.05) is 7.05 Å². The van der Waals surface area contributed by atoms with Gasteiger partial charge in [-0.05, 0) is 18.2 Å². The molecule has 0 saturated carbocycles. The van der Waals surface area contributed by atoms with Crippen LogP contribution in [-0.4, -0.2) is 45.9 Å². The number of aromatic carboxylic acids is 1. The molecule has 0 aromatic heterocycles. The molecule has 7 nitrogen and oxygen atoms in total. The van der Waals surface area contributed by atoms with Crippen LogP contribution < -0.4 is 0 Å². The summed E-state index contributed by atoms with van der Waals surface area (Å²) in [7, 11) is 1.26. The smallest absolute Gasteiger partial charge is 0.335 e. The minimum atomic E-state index is -1.17. The summed E-state index contributed by atoms with van der Waals surface area (Å²) in [6, 6.07) is 5.34. The van der Waals surface area contributed by atoms with Gasteiger partial charge in [-0.25, -0.2) is 9.80 Å². The first kappa shape index (κ1) is 15.4. The van der Waals surface area contributed by atoms with Crippen molar-refractivity contribution in [2.24, 2.45) is 0 Å². The van der Waals surface area contributed by atoms with E-state index in [4.69, 9.17) is 5.11 Å². The van der Waals surface area contributed by atoms with Crippen LogP contribution in [0.4, 0.5) is 0 Å². The number of imide groups is 1. The topological polar surface area (TPSA) is 95.0 Å². The average Bonchev–Trinajstić information content (AvgIpc) is 2.37. The van der Waals surface area contributed by atoms with Gasteiger partial charge in [0.2, 0.25) is 11.8 Å². The van der Waals surface area contributed by atoms with Gasteiger partial charge >= 0.3 is 5.97 Å². The maximum Gasteiger partial charge on any atom is 0.335 e. The molecule has 0 heterocycles. The maximum atomic E-state index is 12.2. The van der Waals surface area contributed by atoms with Gasteiger partial charge in [0.25, 0.3) is 5.91 Å². The highest BCUT2D eigenvalue weighted by atomic mass is 16.4. The molecule has 0 saturated heterocycles. The Kier molecular flexibility index (Phi) is 4.58. The number of hydrazine groups is 1. The predicted molar refractivity (Wildman–Crippen MR) is 68.7 cm³/mol. The van der Waals surface area contributed by atoms with Gasteiger partial charge in [-0.1, -0.05) is 6.07 Å². The number of nitrogens with zero attached hydrogens (tertiary/aromatic N) is 2. The molecule has 1 rings (SSSR count). The monoisotopic (exact) mass is 278 g/mol. The molecule has 3 amide bonds. The zero-order valence-corrected chi connectivity index (χ0v) is 11.3. The van der Waals surface area contributed by atoms with E-state index in [1.165, 1.54) is 31.3 Å². The Morgan fingerprint density at radius 3 is 1.95 bits per heavy atom. The number of amides is 3. The molecule has 0 aliphatic rings. The molecule has 7 heteroatoms. The SMILES string of the molecule is CC(=O)N(C(C)=O)N(C)C(=O)c1cccc(C(=O)O)c1. The molecule has 0 fully saturated rings. The van der Waals surface area contributed by atoms with Crippen molar-refractivity contribution in [1.29, 1.82) is 0 Å². The third-order valence-electron chi connectivity index (χ3n) is 2.55. The highest BCUT2D eigenvalue weighted by molar-refractivity contribution is 6.01. The number of hydrogen-bond donors (Lipinski definition) is 1. The number of carbonyl (C=O) groups excluding carboxylic acids is 3. The lowest BCUT2D eigenvalue weighted by Gasteiger charge is -2.28. The van der Waals surface area contributed by atoms with Gasteiger partial charge in [-0.2, -0.15) is 5.01 Å². The van der Waals surface area contributed by atoms with E-state index < -0.39 is 23.7 Å². The maximum absolute atomic E-state index is 12.2. The second kappa shape index (κ2) is 5.96. The molecule has 106 valence electrons. The first-order valence-corrected chi connectivity index (χ1v) is 5.68. The van der Waals surface area contributed by atoms with E-state index in [1.54, 1.807) is 0 Å². The van der Waals surface area contributed by atoms with Crippen molar-refractivity contribution in [2.45, 2.75) is 13.8 Å². The number of rotatable bonds is 2. The summed E-state index contributed by atoms with van der Waals surface area (Å²) in [6.45, 7) is 2.30. The first-order valence-electron chi connectivity index (χ1n) is 5.68. The third-order valence-corrected chi connectivity index (χ3v) is 2.55. The summed E-state index contributed by atoms with van der Waals surface area (Å²) in [5.41, 5.74) is 0.0151. The fraction of sp³-hybridized carbons (Fsp3) is 0.231. The average molecular weight is 278 g/mol. The number of carboxylic acid groups (broad SMARTS) is 1. The van der Waals surface area contributed by atoms with Gasteiger partial charge in [-0.15, -0.1) is 0 Å². The van der Waals surface area contributed by atoms with Crippen LogP contribution in [0.2, 0.25) is 0 Å². The molecule has 0 spiro atoms. The van der Waals surface area contributed by atoms with Gasteiger partial charge in [-0.3, -0.25) is 14.4 Å². The Morgan fingerprint density at radius 1 is 1.00 bits per heavy atom. The van der Waals surface area contributed by atoms with Crippen molar-refractivity contribution >= 4 is 23.7 Å². The summed E-state index contributed by atoms with van der Waals surface area (Å²) in [4.78, 5) is 45.7. The second-order valence-electron chi connectivity index (χ2n) is 4.06. The van der Waals surface area contributed by atoms with E-state index in [9.17, 15) is 19.2 Å². The van der Waals surface area contributed by atoms with Crippen molar-refractivity contribution in [3.63, 3.8) is 0 Å². The summed E-state index contributed by atoms with van der Waals surface area (Å²) in [5.74, 6) is -3.04. The highest BCUT2D eigenvalue weighted by Gasteiger charge is 2.25. The normalized spacial score (nSPS) is 9.75. The Hall–Kier alpha value is -2.70. The van der Waals surface area contributed by atoms with Gasteiger partial charge in [0, 0.05) is 26.5 Å². The molecule has 0 unspecified atom stereocenters. The zero-order valence-electron chi connectivity index (χ0n) is 11.3. The standard InChI is InChI=1S/C13H14N2O5/c1-8(16)15(9(2)17)14(3)12(18)10-5-4-6-11(7-10)13(19)20/h4-7H,1-3H3,(H,19,20). The van der Waals surface area contributed by atoms with E-state index in [-0.39, 0.29) is 11.1 Å². The van der Waals surface area contributed by atoms with Crippen molar-refractivity contribution < 1.29 is 24.3 Å². The van der Waals surface area contributed by atoms with Crippen molar-refractivity contribution in [3.05, 3.63) is 35.4 Å². The third kappa shape index (κ3) is 3.19. The highest BCUT2D eigenvalue weighted by Crippen LogP contribution is 2.10. The van der Waals surface area contributed by atoms with E-state index in [2.05, 4.69) is 0 Å². The second-order valence-corrected chi connectivity index (χ2v) is 4.06. The molecule has 0 bridgehead atoms. The Bertz CT molecular complexity index is 568. The van der Waals surface area contributed by atoms with Crippen LogP contribution in [0.3, 0.4) is 0 Å². The van der Waals surface area contributed by atoms with Crippen LogP contribution in [-0.2, 0) is 9.59 Å². The molecule has 0 radical (unpaired) electrons. The first-order chi connectivity index (χ1) is 9.25. The van der Waals surface area contributed by atoms with Crippen LogP contribution >= 0.6 is 0 Å². The molecule has 1 aromatic carbocycles. The van der Waals surface area contributed by atoms with Crippen LogP contribution in [0.5, 0.6) is 0 Å². The van der Waals surface area contributed by atoms with Gasteiger partial charge < -0.3 is 5.11 Å². The summed E-state index contributed by atoms with van der Waals surface area (Å²) in [5, 5.41) is 10.4. The van der Waals surface area contributed by atoms with E-state index >= 15 is 0 Å². The molecule has 0 aliphatic carbocycles. The summed E-state index contributed by atoms with van der Waals surface area (Å²) in [6.07, 6.45) is 0. The number of carbonyl (C=O) groups is 4. The fourth-order valence-electron chi connectivity index (χ4n) is 1.71. The van der Waals surface area contributed by atoms with Crippen LogP contribution in [0, 0.1) is 0 Å². The Balaban J connectivity index is 3.11. The number of carboxylic acids is 1. The largest absolute Gasteiger partial charge is 0.478 e. The zero-order chi connectivity index (χ0) is 15.4. The lowest BCUT2D eigenvalue weighted by atomic mass is 10.1. The number of benzene rings is 1. The molecule has 1 aromatic rings. The van der Waals surface area contributed by atoms with Gasteiger partial charge in [0.15, 0.2) is 0 Å².